The molecule has 2 atom stereocenters. The van der Waals surface area contributed by atoms with Crippen LogP contribution in [0.4, 0.5) is 0 Å². The fourth-order valence-electron chi connectivity index (χ4n) is 5.06. The van der Waals surface area contributed by atoms with E-state index >= 15 is 0 Å². The van der Waals surface area contributed by atoms with E-state index in [0.717, 1.165) is 77.0 Å². The first kappa shape index (κ1) is 50.7. The average molecular weight is 767 g/mol. The van der Waals surface area contributed by atoms with Crippen LogP contribution in [0, 0.1) is 0 Å². The van der Waals surface area contributed by atoms with Crippen LogP contribution in [0.2, 0.25) is 0 Å². The lowest BCUT2D eigenvalue weighted by atomic mass is 10.1. The maximum absolute atomic E-state index is 12.6. The van der Waals surface area contributed by atoms with Crippen molar-refractivity contribution in [3.05, 3.63) is 60.8 Å². The Balaban J connectivity index is 4.47. The molecule has 0 saturated heterocycles. The Morgan fingerprint density at radius 3 is 1.62 bits per heavy atom. The third kappa shape index (κ3) is 39.2. The first-order valence-electron chi connectivity index (χ1n) is 20.5. The molecule has 0 aromatic rings. The standard InChI is InChI=1S/C43H76NO8P/c1-6-8-10-12-14-16-18-20-21-22-24-25-27-29-31-33-35-42(45)49-39-41(40-51-53(47,48)50-38-37-44(3,4)5)52-43(46)36-34-32-30-28-26-23-19-17-15-13-11-9-7-2/h9,11,15-18,21-23,26,41H,6-8,10,12-14,19-20,24-25,27-40H2,1-5H3/p+1/b11-9-,17-15-,18-16-,22-21-,26-23-. The first-order valence-corrected chi connectivity index (χ1v) is 22.0. The number of nitrogens with zero attached hydrogens (tertiary/aromatic N) is 1. The topological polar surface area (TPSA) is 108 Å². The van der Waals surface area contributed by atoms with Crippen LogP contribution in [0.3, 0.4) is 0 Å². The minimum Gasteiger partial charge on any atom is -0.462 e. The number of rotatable bonds is 36. The molecular weight excluding hydrogens is 689 g/mol. The van der Waals surface area contributed by atoms with Gasteiger partial charge in [-0.1, -0.05) is 120 Å². The van der Waals surface area contributed by atoms with Crippen LogP contribution in [0.1, 0.15) is 149 Å². The van der Waals surface area contributed by atoms with E-state index in [4.69, 9.17) is 18.5 Å². The van der Waals surface area contributed by atoms with Crippen LogP contribution in [0.25, 0.3) is 0 Å². The molecule has 10 heteroatoms. The highest BCUT2D eigenvalue weighted by Gasteiger charge is 2.27. The molecule has 0 aromatic heterocycles. The second-order valence-corrected chi connectivity index (χ2v) is 16.1. The van der Waals surface area contributed by atoms with Crippen molar-refractivity contribution in [1.82, 2.24) is 0 Å². The molecular formula is C43H77NO8P+. The van der Waals surface area contributed by atoms with E-state index in [9.17, 15) is 19.0 Å². The van der Waals surface area contributed by atoms with Gasteiger partial charge in [0.25, 0.3) is 0 Å². The SMILES string of the molecule is CC/C=C\C/C=C\C/C=C\CCCCCC(=O)OC(COC(=O)CCCCCCC/C=C\C/C=C\CCCCCC)COP(=O)(O)OCC[N+](C)(C)C. The minimum absolute atomic E-state index is 0.0207. The molecule has 0 fully saturated rings. The molecule has 0 radical (unpaired) electrons. The van der Waals surface area contributed by atoms with Crippen molar-refractivity contribution in [2.24, 2.45) is 0 Å². The van der Waals surface area contributed by atoms with E-state index < -0.39 is 32.5 Å². The zero-order valence-corrected chi connectivity index (χ0v) is 35.1. The van der Waals surface area contributed by atoms with Crippen LogP contribution >= 0.6 is 7.82 Å². The lowest BCUT2D eigenvalue weighted by Gasteiger charge is -2.24. The average Bonchev–Trinajstić information content (AvgIpc) is 3.10. The molecule has 0 spiro atoms. The van der Waals surface area contributed by atoms with Crippen LogP contribution in [-0.4, -0.2) is 74.9 Å². The Morgan fingerprint density at radius 2 is 1.08 bits per heavy atom. The van der Waals surface area contributed by atoms with E-state index in [2.05, 4.69) is 74.6 Å². The van der Waals surface area contributed by atoms with Crippen molar-refractivity contribution in [2.45, 2.75) is 155 Å². The van der Waals surface area contributed by atoms with Crippen LogP contribution in [0.15, 0.2) is 60.8 Å². The van der Waals surface area contributed by atoms with E-state index in [-0.39, 0.29) is 26.1 Å². The van der Waals surface area contributed by atoms with Crippen molar-refractivity contribution >= 4 is 19.8 Å². The fraction of sp³-hybridized carbons (Fsp3) is 0.721. The predicted octanol–water partition coefficient (Wildman–Crippen LogP) is 11.3. The molecule has 0 aliphatic rings. The molecule has 0 heterocycles. The Bertz CT molecular complexity index is 1090. The molecule has 306 valence electrons. The smallest absolute Gasteiger partial charge is 0.462 e. The Kier molecular flexibility index (Phi) is 33.9. The number of phosphoric ester groups is 1. The van der Waals surface area contributed by atoms with Crippen molar-refractivity contribution < 1.29 is 42.1 Å². The molecule has 53 heavy (non-hydrogen) atoms. The van der Waals surface area contributed by atoms with E-state index in [1.54, 1.807) is 0 Å². The largest absolute Gasteiger partial charge is 0.472 e. The third-order valence-electron chi connectivity index (χ3n) is 8.28. The van der Waals surface area contributed by atoms with Gasteiger partial charge in [0.1, 0.15) is 19.8 Å². The summed E-state index contributed by atoms with van der Waals surface area (Å²) in [6.45, 7) is 4.21. The Hall–Kier alpha value is -2.29. The number of carbonyl (C=O) groups is 2. The number of esters is 2. The van der Waals surface area contributed by atoms with Gasteiger partial charge < -0.3 is 18.9 Å². The van der Waals surface area contributed by atoms with Gasteiger partial charge in [0.15, 0.2) is 6.10 Å². The van der Waals surface area contributed by atoms with E-state index in [1.165, 1.54) is 32.1 Å². The van der Waals surface area contributed by atoms with Gasteiger partial charge >= 0.3 is 19.8 Å². The zero-order valence-electron chi connectivity index (χ0n) is 34.2. The Morgan fingerprint density at radius 1 is 0.604 bits per heavy atom. The molecule has 0 bridgehead atoms. The predicted molar refractivity (Wildman–Crippen MR) is 219 cm³/mol. The highest BCUT2D eigenvalue weighted by atomic mass is 31.2. The van der Waals surface area contributed by atoms with Crippen molar-refractivity contribution in [1.29, 1.82) is 0 Å². The number of ether oxygens (including phenoxy) is 2. The molecule has 0 aliphatic carbocycles. The number of hydrogen-bond donors (Lipinski definition) is 1. The molecule has 2 unspecified atom stereocenters. The summed E-state index contributed by atoms with van der Waals surface area (Å²) in [6, 6.07) is 0. The van der Waals surface area contributed by atoms with Gasteiger partial charge in [-0.25, -0.2) is 4.57 Å². The van der Waals surface area contributed by atoms with Gasteiger partial charge in [-0.15, -0.1) is 0 Å². The van der Waals surface area contributed by atoms with Gasteiger partial charge in [0.05, 0.1) is 27.7 Å². The normalized spacial score (nSPS) is 14.3. The number of likely N-dealkylation sites (N-methyl/N-ethyl adjacent to an activating group) is 1. The highest BCUT2D eigenvalue weighted by molar-refractivity contribution is 7.47. The quantitative estimate of drug-likeness (QED) is 0.0221. The van der Waals surface area contributed by atoms with Crippen molar-refractivity contribution in [3.8, 4) is 0 Å². The lowest BCUT2D eigenvalue weighted by Crippen LogP contribution is -2.37. The van der Waals surface area contributed by atoms with Gasteiger partial charge in [-0.05, 0) is 77.0 Å². The third-order valence-corrected chi connectivity index (χ3v) is 9.27. The summed E-state index contributed by atoms with van der Waals surface area (Å²) < 4.78 is 34.2. The maximum atomic E-state index is 12.6. The van der Waals surface area contributed by atoms with E-state index in [0.29, 0.717) is 23.9 Å². The molecule has 9 nitrogen and oxygen atoms in total. The van der Waals surface area contributed by atoms with Crippen LogP contribution in [0.5, 0.6) is 0 Å². The summed E-state index contributed by atoms with van der Waals surface area (Å²) in [5.74, 6) is -0.856. The summed E-state index contributed by atoms with van der Waals surface area (Å²) in [7, 11) is 1.44. The molecule has 0 saturated carbocycles. The molecule has 0 amide bonds. The summed E-state index contributed by atoms with van der Waals surface area (Å²) in [6.07, 6.45) is 41.3. The van der Waals surface area contributed by atoms with Gasteiger partial charge in [-0.2, -0.15) is 0 Å². The van der Waals surface area contributed by atoms with Gasteiger partial charge in [-0.3, -0.25) is 18.6 Å². The maximum Gasteiger partial charge on any atom is 0.472 e. The minimum atomic E-state index is -4.38. The number of quaternary nitrogens is 1. The molecule has 0 aliphatic heterocycles. The number of unbranched alkanes of at least 4 members (excludes halogenated alkanes) is 12. The monoisotopic (exact) mass is 767 g/mol. The van der Waals surface area contributed by atoms with Gasteiger partial charge in [0, 0.05) is 12.8 Å². The number of hydrogen-bond acceptors (Lipinski definition) is 7. The van der Waals surface area contributed by atoms with Crippen LogP contribution in [-0.2, 0) is 32.7 Å². The zero-order chi connectivity index (χ0) is 39.3. The number of allylic oxidation sites excluding steroid dienone is 10. The lowest BCUT2D eigenvalue weighted by molar-refractivity contribution is -0.870. The van der Waals surface area contributed by atoms with E-state index in [1.807, 2.05) is 21.1 Å². The summed E-state index contributed by atoms with van der Waals surface area (Å²) >= 11 is 0. The second-order valence-electron chi connectivity index (χ2n) is 14.6. The van der Waals surface area contributed by atoms with Crippen LogP contribution < -0.4 is 0 Å². The Labute approximate surface area is 324 Å². The summed E-state index contributed by atoms with van der Waals surface area (Å²) in [5, 5.41) is 0. The molecule has 0 rings (SSSR count). The summed E-state index contributed by atoms with van der Waals surface area (Å²) in [5.41, 5.74) is 0. The number of phosphoric acid groups is 1. The number of carbonyl (C=O) groups excluding carboxylic acids is 2. The molecule has 0 aromatic carbocycles. The second kappa shape index (κ2) is 35.4. The first-order chi connectivity index (χ1) is 25.5. The van der Waals surface area contributed by atoms with Crippen molar-refractivity contribution in [3.63, 3.8) is 0 Å². The molecule has 1 N–H and O–H groups in total. The highest BCUT2D eigenvalue weighted by Crippen LogP contribution is 2.43. The summed E-state index contributed by atoms with van der Waals surface area (Å²) in [4.78, 5) is 35.2. The van der Waals surface area contributed by atoms with Gasteiger partial charge in [0.2, 0.25) is 0 Å². The van der Waals surface area contributed by atoms with Crippen molar-refractivity contribution in [2.75, 3.05) is 47.5 Å². The fourth-order valence-corrected chi connectivity index (χ4v) is 5.80.